The maximum Gasteiger partial charge on any atom is 0.307 e. The van der Waals surface area contributed by atoms with Crippen molar-refractivity contribution in [2.45, 2.75) is 89.6 Å². The molecule has 0 saturated heterocycles. The van der Waals surface area contributed by atoms with Crippen LogP contribution in [0.4, 0.5) is 0 Å². The van der Waals surface area contributed by atoms with Gasteiger partial charge in [-0.2, -0.15) is 0 Å². The molecule has 0 saturated carbocycles. The number of carbonyl (C=O) groups excluding carboxylic acids is 2. The van der Waals surface area contributed by atoms with Gasteiger partial charge in [-0.15, -0.1) is 0 Å². The third-order valence-corrected chi connectivity index (χ3v) is 5.51. The van der Waals surface area contributed by atoms with Crippen LogP contribution in [0.5, 0.6) is 0 Å². The topological polar surface area (TPSA) is 96.0 Å². The van der Waals surface area contributed by atoms with Gasteiger partial charge in [0.2, 0.25) is 0 Å². The second-order valence-corrected chi connectivity index (χ2v) is 10.00. The molecular weight excluding hydrogens is 380 g/mol. The SMILES string of the molecule is CC(OC(=O)CCCCCCC(=O)OC(C)S(=O)OC(C)(C)C)S(C)=O. The summed E-state index contributed by atoms with van der Waals surface area (Å²) in [5.74, 6) is -0.774. The van der Waals surface area contributed by atoms with Gasteiger partial charge in [0.05, 0.1) is 16.4 Å². The second kappa shape index (κ2) is 12.6. The highest BCUT2D eigenvalue weighted by atomic mass is 32.2. The Morgan fingerprint density at radius 3 is 1.65 bits per heavy atom. The molecule has 9 heteroatoms. The fourth-order valence-corrected chi connectivity index (χ4v) is 2.86. The predicted octanol–water partition coefficient (Wildman–Crippen LogP) is 2.96. The molecule has 7 nitrogen and oxygen atoms in total. The molecule has 0 spiro atoms. The van der Waals surface area contributed by atoms with Crippen LogP contribution in [0.3, 0.4) is 0 Å². The fourth-order valence-electron chi connectivity index (χ4n) is 1.80. The molecule has 0 fully saturated rings. The average Bonchev–Trinajstić information content (AvgIpc) is 2.48. The fraction of sp³-hybridized carbons (Fsp3) is 0.882. The minimum absolute atomic E-state index is 0.230. The van der Waals surface area contributed by atoms with Gasteiger partial charge in [0.25, 0.3) is 0 Å². The molecule has 0 rings (SSSR count). The van der Waals surface area contributed by atoms with E-state index in [2.05, 4.69) is 0 Å². The largest absolute Gasteiger partial charge is 0.449 e. The Labute approximate surface area is 161 Å². The van der Waals surface area contributed by atoms with Crippen LogP contribution >= 0.6 is 0 Å². The van der Waals surface area contributed by atoms with Crippen molar-refractivity contribution < 1.29 is 31.7 Å². The van der Waals surface area contributed by atoms with E-state index in [-0.39, 0.29) is 18.8 Å². The van der Waals surface area contributed by atoms with E-state index in [1.54, 1.807) is 27.7 Å². The number of unbranched alkanes of at least 4 members (excludes halogenated alkanes) is 3. The summed E-state index contributed by atoms with van der Waals surface area (Å²) in [4.78, 5) is 23.2. The first-order valence-corrected chi connectivity index (χ1v) is 11.5. The van der Waals surface area contributed by atoms with E-state index in [0.717, 1.165) is 12.8 Å². The second-order valence-electron chi connectivity index (χ2n) is 6.98. The Morgan fingerprint density at radius 2 is 1.27 bits per heavy atom. The molecule has 4 unspecified atom stereocenters. The normalized spacial score (nSPS) is 16.4. The molecule has 0 N–H and O–H groups in total. The number of ether oxygens (including phenoxy) is 2. The van der Waals surface area contributed by atoms with Crippen LogP contribution in [-0.4, -0.2) is 43.1 Å². The molecule has 26 heavy (non-hydrogen) atoms. The van der Waals surface area contributed by atoms with Crippen LogP contribution < -0.4 is 0 Å². The van der Waals surface area contributed by atoms with Crippen molar-refractivity contribution in [1.29, 1.82) is 0 Å². The van der Waals surface area contributed by atoms with Gasteiger partial charge < -0.3 is 9.47 Å². The summed E-state index contributed by atoms with van der Waals surface area (Å²) in [7, 11) is -1.19. The first-order chi connectivity index (χ1) is 11.9. The molecule has 0 aromatic carbocycles. The highest BCUT2D eigenvalue weighted by Crippen LogP contribution is 2.14. The molecule has 154 valence electrons. The van der Waals surface area contributed by atoms with Crippen molar-refractivity contribution in [3.05, 3.63) is 0 Å². The van der Waals surface area contributed by atoms with Crippen LogP contribution in [0, 0.1) is 0 Å². The lowest BCUT2D eigenvalue weighted by molar-refractivity contribution is -0.146. The first kappa shape index (κ1) is 25.2. The van der Waals surface area contributed by atoms with Crippen molar-refractivity contribution in [3.63, 3.8) is 0 Å². The molecule has 0 aliphatic heterocycles. The minimum Gasteiger partial charge on any atom is -0.449 e. The third kappa shape index (κ3) is 13.4. The molecule has 0 aliphatic carbocycles. The van der Waals surface area contributed by atoms with Gasteiger partial charge in [0, 0.05) is 19.1 Å². The van der Waals surface area contributed by atoms with Crippen LogP contribution in [0.25, 0.3) is 0 Å². The number of carbonyl (C=O) groups is 2. The van der Waals surface area contributed by atoms with Crippen LogP contribution in [0.1, 0.15) is 73.1 Å². The van der Waals surface area contributed by atoms with E-state index >= 15 is 0 Å². The lowest BCUT2D eigenvalue weighted by Crippen LogP contribution is -2.28. The first-order valence-electron chi connectivity index (χ1n) is 8.73. The summed E-state index contributed by atoms with van der Waals surface area (Å²) in [5, 5.41) is 0. The van der Waals surface area contributed by atoms with Gasteiger partial charge in [-0.25, -0.2) is 4.21 Å². The standard InChI is InChI=1S/C17H32O7S2/c1-13(25(6)20)22-15(18)11-9-7-8-10-12-16(19)23-14(2)26(21)24-17(3,4)5/h13-14H,7-12H2,1-6H3. The number of esters is 2. The zero-order valence-corrected chi connectivity index (χ0v) is 18.2. The number of hydrogen-bond acceptors (Lipinski definition) is 7. The molecule has 0 amide bonds. The van der Waals surface area contributed by atoms with Crippen LogP contribution in [0.15, 0.2) is 0 Å². The third-order valence-electron chi connectivity index (χ3n) is 3.18. The van der Waals surface area contributed by atoms with E-state index in [0.29, 0.717) is 12.8 Å². The lowest BCUT2D eigenvalue weighted by atomic mass is 10.1. The lowest BCUT2D eigenvalue weighted by Gasteiger charge is -2.21. The predicted molar refractivity (Wildman–Crippen MR) is 102 cm³/mol. The average molecular weight is 413 g/mol. The van der Waals surface area contributed by atoms with E-state index < -0.39 is 44.3 Å². The van der Waals surface area contributed by atoms with Crippen LogP contribution in [0.2, 0.25) is 0 Å². The highest BCUT2D eigenvalue weighted by molar-refractivity contribution is 7.84. The molecule has 0 aromatic rings. The summed E-state index contributed by atoms with van der Waals surface area (Å²) < 4.78 is 38.3. The Balaban J connectivity index is 3.81. The summed E-state index contributed by atoms with van der Waals surface area (Å²) >= 11 is -1.70. The molecule has 0 radical (unpaired) electrons. The minimum atomic E-state index is -1.70. The molecular formula is C17H32O7S2. The summed E-state index contributed by atoms with van der Waals surface area (Å²) in [6.45, 7) is 8.46. The summed E-state index contributed by atoms with van der Waals surface area (Å²) in [6, 6.07) is 0. The molecule has 0 heterocycles. The molecule has 0 bridgehead atoms. The maximum absolute atomic E-state index is 11.8. The van der Waals surface area contributed by atoms with Crippen molar-refractivity contribution in [2.75, 3.05) is 6.26 Å². The number of hydrogen-bond donors (Lipinski definition) is 0. The van der Waals surface area contributed by atoms with Crippen molar-refractivity contribution >= 4 is 33.8 Å². The smallest absolute Gasteiger partial charge is 0.307 e. The van der Waals surface area contributed by atoms with Gasteiger partial charge in [-0.1, -0.05) is 12.8 Å². The summed E-state index contributed by atoms with van der Waals surface area (Å²) in [5.41, 5.74) is -1.98. The quantitative estimate of drug-likeness (QED) is 0.359. The van der Waals surface area contributed by atoms with Crippen molar-refractivity contribution in [2.24, 2.45) is 0 Å². The Kier molecular flexibility index (Phi) is 12.2. The van der Waals surface area contributed by atoms with E-state index in [4.69, 9.17) is 13.7 Å². The zero-order chi connectivity index (χ0) is 20.3. The van der Waals surface area contributed by atoms with Crippen molar-refractivity contribution in [1.82, 2.24) is 0 Å². The zero-order valence-electron chi connectivity index (χ0n) is 16.6. The maximum atomic E-state index is 11.8. The van der Waals surface area contributed by atoms with Gasteiger partial charge in [-0.05, 0) is 47.5 Å². The monoisotopic (exact) mass is 412 g/mol. The Morgan fingerprint density at radius 1 is 0.846 bits per heavy atom. The summed E-state index contributed by atoms with van der Waals surface area (Å²) in [6.07, 6.45) is 4.82. The van der Waals surface area contributed by atoms with E-state index in [9.17, 15) is 18.0 Å². The molecule has 4 atom stereocenters. The van der Waals surface area contributed by atoms with Crippen molar-refractivity contribution in [3.8, 4) is 0 Å². The van der Waals surface area contributed by atoms with E-state index in [1.807, 2.05) is 0 Å². The van der Waals surface area contributed by atoms with Crippen LogP contribution in [-0.2, 0) is 45.1 Å². The van der Waals surface area contributed by atoms with Gasteiger partial charge in [0.15, 0.2) is 22.0 Å². The van der Waals surface area contributed by atoms with Gasteiger partial charge >= 0.3 is 11.9 Å². The number of rotatable bonds is 12. The molecule has 0 aromatic heterocycles. The van der Waals surface area contributed by atoms with Gasteiger partial charge in [-0.3, -0.25) is 18.0 Å². The van der Waals surface area contributed by atoms with E-state index in [1.165, 1.54) is 13.2 Å². The Hall–Kier alpha value is -0.800. The highest BCUT2D eigenvalue weighted by Gasteiger charge is 2.22. The van der Waals surface area contributed by atoms with Gasteiger partial charge in [0.1, 0.15) is 0 Å². The Bertz CT molecular complexity index is 500. The molecule has 0 aliphatic rings.